The summed E-state index contributed by atoms with van der Waals surface area (Å²) < 4.78 is 10.5. The van der Waals surface area contributed by atoms with Crippen molar-refractivity contribution in [2.24, 2.45) is 5.92 Å². The summed E-state index contributed by atoms with van der Waals surface area (Å²) in [5.74, 6) is 1.60. The van der Waals surface area contributed by atoms with Crippen LogP contribution in [0.25, 0.3) is 0 Å². The molecular weight excluding hydrogens is 240 g/mol. The topological polar surface area (TPSA) is 33.7 Å². The van der Waals surface area contributed by atoms with Gasteiger partial charge in [0.15, 0.2) is 0 Å². The number of likely N-dealkylation sites (N-methyl/N-ethyl adjacent to an activating group) is 1. The lowest BCUT2D eigenvalue weighted by molar-refractivity contribution is 0.185. The van der Waals surface area contributed by atoms with Gasteiger partial charge in [0.05, 0.1) is 13.7 Å². The molecule has 0 aliphatic carbocycles. The van der Waals surface area contributed by atoms with Crippen LogP contribution in [0.15, 0.2) is 24.3 Å². The Morgan fingerprint density at radius 2 is 2.16 bits per heavy atom. The fraction of sp³-hybridized carbons (Fsp3) is 0.600. The van der Waals surface area contributed by atoms with Crippen molar-refractivity contribution in [3.8, 4) is 5.75 Å². The van der Waals surface area contributed by atoms with E-state index in [-0.39, 0.29) is 0 Å². The molecule has 0 saturated carbocycles. The number of nitrogens with one attached hydrogen (secondary N) is 1. The normalized spacial score (nSPS) is 18.5. The Kier molecular flexibility index (Phi) is 5.48. The Morgan fingerprint density at radius 1 is 1.37 bits per heavy atom. The minimum absolute atomic E-state index is 0.700. The molecule has 1 N–H and O–H groups in total. The van der Waals surface area contributed by atoms with Crippen LogP contribution in [0.5, 0.6) is 5.75 Å². The van der Waals surface area contributed by atoms with Gasteiger partial charge >= 0.3 is 0 Å². The summed E-state index contributed by atoms with van der Waals surface area (Å²) in [7, 11) is 3.80. The van der Waals surface area contributed by atoms with Gasteiger partial charge in [-0.3, -0.25) is 0 Å². The number of hydrogen-bond acceptors (Lipinski definition) is 4. The number of hydrogen-bond donors (Lipinski definition) is 1. The number of rotatable bonds is 7. The highest BCUT2D eigenvalue weighted by Gasteiger charge is 2.14. The predicted molar refractivity (Wildman–Crippen MR) is 78.1 cm³/mol. The maximum Gasteiger partial charge on any atom is 0.119 e. The molecule has 4 nitrogen and oxygen atoms in total. The van der Waals surface area contributed by atoms with Crippen LogP contribution in [-0.4, -0.2) is 47.0 Å². The average Bonchev–Trinajstić information content (AvgIpc) is 2.96. The first-order valence-electron chi connectivity index (χ1n) is 6.93. The van der Waals surface area contributed by atoms with E-state index in [1.54, 1.807) is 7.11 Å². The highest BCUT2D eigenvalue weighted by atomic mass is 16.5. The lowest BCUT2D eigenvalue weighted by Gasteiger charge is -2.20. The van der Waals surface area contributed by atoms with Gasteiger partial charge in [-0.1, -0.05) is 0 Å². The standard InChI is InChI=1S/C15H24N2O2/c1-17(14-3-5-15(18-2)6-4-14)9-8-16-11-13-7-10-19-12-13/h3-6,13,16H,7-12H2,1-2H3. The molecule has 0 spiro atoms. The van der Waals surface area contributed by atoms with Crippen LogP contribution in [-0.2, 0) is 4.74 Å². The van der Waals surface area contributed by atoms with Gasteiger partial charge in [0.1, 0.15) is 5.75 Å². The quantitative estimate of drug-likeness (QED) is 0.761. The lowest BCUT2D eigenvalue weighted by Crippen LogP contribution is -2.32. The van der Waals surface area contributed by atoms with Crippen LogP contribution in [0.3, 0.4) is 0 Å². The molecule has 0 aromatic heterocycles. The van der Waals surface area contributed by atoms with Crippen molar-refractivity contribution in [3.63, 3.8) is 0 Å². The van der Waals surface area contributed by atoms with Crippen molar-refractivity contribution in [3.05, 3.63) is 24.3 Å². The Hall–Kier alpha value is -1.26. The molecule has 0 bridgehead atoms. The second-order valence-electron chi connectivity index (χ2n) is 5.05. The molecule has 4 heteroatoms. The zero-order valence-corrected chi connectivity index (χ0v) is 11.9. The first-order chi connectivity index (χ1) is 9.29. The third kappa shape index (κ3) is 4.40. The summed E-state index contributed by atoms with van der Waals surface area (Å²) in [5, 5.41) is 3.50. The molecule has 0 radical (unpaired) electrons. The highest BCUT2D eigenvalue weighted by molar-refractivity contribution is 5.48. The summed E-state index contributed by atoms with van der Waals surface area (Å²) in [5.41, 5.74) is 1.21. The van der Waals surface area contributed by atoms with E-state index in [9.17, 15) is 0 Å². The van der Waals surface area contributed by atoms with Crippen molar-refractivity contribution < 1.29 is 9.47 Å². The lowest BCUT2D eigenvalue weighted by atomic mass is 10.1. The maximum atomic E-state index is 5.36. The van der Waals surface area contributed by atoms with Gasteiger partial charge in [0.2, 0.25) is 0 Å². The van der Waals surface area contributed by atoms with Crippen molar-refractivity contribution in [2.45, 2.75) is 6.42 Å². The molecule has 1 aliphatic rings. The number of ether oxygens (including phenoxy) is 2. The molecule has 1 atom stereocenters. The van der Waals surface area contributed by atoms with E-state index < -0.39 is 0 Å². The minimum atomic E-state index is 0.700. The van der Waals surface area contributed by atoms with Crippen molar-refractivity contribution in [2.75, 3.05) is 51.9 Å². The van der Waals surface area contributed by atoms with Crippen LogP contribution in [0.2, 0.25) is 0 Å². The van der Waals surface area contributed by atoms with E-state index in [2.05, 4.69) is 29.4 Å². The third-order valence-corrected chi connectivity index (χ3v) is 3.59. The Bertz CT molecular complexity index is 361. The van der Waals surface area contributed by atoms with Gasteiger partial charge in [-0.2, -0.15) is 0 Å². The monoisotopic (exact) mass is 264 g/mol. The summed E-state index contributed by atoms with van der Waals surface area (Å²) >= 11 is 0. The zero-order chi connectivity index (χ0) is 13.5. The van der Waals surface area contributed by atoms with E-state index in [1.807, 2.05) is 12.1 Å². The summed E-state index contributed by atoms with van der Waals surface area (Å²) in [6.07, 6.45) is 1.20. The average molecular weight is 264 g/mol. The molecular formula is C15H24N2O2. The maximum absolute atomic E-state index is 5.36. The first kappa shape index (κ1) is 14.2. The molecule has 2 rings (SSSR count). The minimum Gasteiger partial charge on any atom is -0.497 e. The molecule has 1 aromatic rings. The Balaban J connectivity index is 1.66. The largest absolute Gasteiger partial charge is 0.497 e. The third-order valence-electron chi connectivity index (χ3n) is 3.59. The number of nitrogens with zero attached hydrogens (tertiary/aromatic N) is 1. The number of methoxy groups -OCH3 is 1. The summed E-state index contributed by atoms with van der Waals surface area (Å²) in [6, 6.07) is 8.16. The summed E-state index contributed by atoms with van der Waals surface area (Å²) in [4.78, 5) is 2.25. The molecule has 1 fully saturated rings. The fourth-order valence-corrected chi connectivity index (χ4v) is 2.26. The van der Waals surface area contributed by atoms with E-state index >= 15 is 0 Å². The van der Waals surface area contributed by atoms with E-state index in [0.717, 1.165) is 38.6 Å². The van der Waals surface area contributed by atoms with E-state index in [1.165, 1.54) is 12.1 Å². The molecule has 1 unspecified atom stereocenters. The zero-order valence-electron chi connectivity index (χ0n) is 11.9. The molecule has 1 aromatic carbocycles. The van der Waals surface area contributed by atoms with Crippen LogP contribution >= 0.6 is 0 Å². The predicted octanol–water partition coefficient (Wildman–Crippen LogP) is 1.76. The van der Waals surface area contributed by atoms with Gasteiger partial charge < -0.3 is 19.7 Å². The van der Waals surface area contributed by atoms with Crippen molar-refractivity contribution in [1.82, 2.24) is 5.32 Å². The SMILES string of the molecule is COc1ccc(N(C)CCNCC2CCOC2)cc1. The highest BCUT2D eigenvalue weighted by Crippen LogP contribution is 2.17. The van der Waals surface area contributed by atoms with E-state index in [4.69, 9.17) is 9.47 Å². The molecule has 1 heterocycles. The molecule has 1 aliphatic heterocycles. The van der Waals surface area contributed by atoms with Crippen LogP contribution in [0, 0.1) is 5.92 Å². The Labute approximate surface area is 115 Å². The molecule has 1 saturated heterocycles. The smallest absolute Gasteiger partial charge is 0.119 e. The van der Waals surface area contributed by atoms with Gasteiger partial charge in [0.25, 0.3) is 0 Å². The van der Waals surface area contributed by atoms with Gasteiger partial charge in [-0.05, 0) is 36.6 Å². The number of benzene rings is 1. The van der Waals surface area contributed by atoms with Crippen molar-refractivity contribution >= 4 is 5.69 Å². The number of anilines is 1. The van der Waals surface area contributed by atoms with Crippen LogP contribution < -0.4 is 15.0 Å². The van der Waals surface area contributed by atoms with Gasteiger partial charge in [-0.15, -0.1) is 0 Å². The Morgan fingerprint density at radius 3 is 2.79 bits per heavy atom. The first-order valence-corrected chi connectivity index (χ1v) is 6.93. The molecule has 106 valence electrons. The molecule has 19 heavy (non-hydrogen) atoms. The molecule has 0 amide bonds. The van der Waals surface area contributed by atoms with Crippen LogP contribution in [0.4, 0.5) is 5.69 Å². The summed E-state index contributed by atoms with van der Waals surface area (Å²) in [6.45, 7) is 4.91. The van der Waals surface area contributed by atoms with Crippen molar-refractivity contribution in [1.29, 1.82) is 0 Å². The van der Waals surface area contributed by atoms with E-state index in [0.29, 0.717) is 5.92 Å². The van der Waals surface area contributed by atoms with Gasteiger partial charge in [-0.25, -0.2) is 0 Å². The van der Waals surface area contributed by atoms with Crippen LogP contribution in [0.1, 0.15) is 6.42 Å². The fourth-order valence-electron chi connectivity index (χ4n) is 2.26. The second-order valence-corrected chi connectivity index (χ2v) is 5.05. The van der Waals surface area contributed by atoms with Gasteiger partial charge in [0, 0.05) is 39.0 Å². The second kappa shape index (κ2) is 7.36.